The summed E-state index contributed by atoms with van der Waals surface area (Å²) in [6.07, 6.45) is 0. The fraction of sp³-hybridized carbons (Fsp3) is 0. The molecule has 29 heavy (non-hydrogen) atoms. The van der Waals surface area contributed by atoms with E-state index in [1.165, 1.54) is 36.4 Å². The first kappa shape index (κ1) is 20.0. The molecule has 3 aromatic rings. The Morgan fingerprint density at radius 1 is 0.483 bits per heavy atom. The fourth-order valence-electron chi connectivity index (χ4n) is 2.48. The van der Waals surface area contributed by atoms with E-state index in [4.69, 9.17) is 0 Å². The van der Waals surface area contributed by atoms with Crippen LogP contribution in [0.5, 0.6) is 0 Å². The molecular weight excluding hydrogens is 389 g/mol. The predicted molar refractivity (Wildman–Crippen MR) is 109 cm³/mol. The lowest BCUT2D eigenvalue weighted by molar-refractivity contribution is 0.0968. The summed E-state index contributed by atoms with van der Waals surface area (Å²) in [5.41, 5.74) is 0.696. The zero-order valence-corrected chi connectivity index (χ0v) is 16.1. The molecule has 0 aliphatic heterocycles. The molecule has 7 nitrogen and oxygen atoms in total. The lowest BCUT2D eigenvalue weighted by Crippen LogP contribution is -2.40. The van der Waals surface area contributed by atoms with Crippen molar-refractivity contribution in [1.82, 2.24) is 15.3 Å². The summed E-state index contributed by atoms with van der Waals surface area (Å²) < 4.78 is 13.4. The molecule has 146 valence electrons. The minimum absolute atomic E-state index is 0.232. The molecule has 0 aromatic heterocycles. The first-order valence-corrected chi connectivity index (χ1v) is 10.4. The number of carbonyl (C=O) groups is 3. The molecule has 3 rings (SSSR count). The van der Waals surface area contributed by atoms with Crippen molar-refractivity contribution in [3.8, 4) is 0 Å². The molecule has 0 spiro atoms. The third-order valence-corrected chi connectivity index (χ3v) is 5.44. The van der Waals surface area contributed by atoms with Gasteiger partial charge in [0, 0.05) is 16.7 Å². The van der Waals surface area contributed by atoms with Crippen molar-refractivity contribution >= 4 is 25.3 Å². The maximum Gasteiger partial charge on any atom is 0.360 e. The molecule has 0 radical (unpaired) electrons. The zero-order valence-electron chi connectivity index (χ0n) is 15.2. The van der Waals surface area contributed by atoms with E-state index in [0.29, 0.717) is 0 Å². The van der Waals surface area contributed by atoms with Crippen LogP contribution in [-0.2, 0) is 4.57 Å². The third-order valence-electron chi connectivity index (χ3n) is 3.88. The smallest absolute Gasteiger partial charge is 0.270 e. The normalized spacial score (nSPS) is 10.6. The number of hydrogen-bond acceptors (Lipinski definition) is 4. The monoisotopic (exact) mass is 407 g/mol. The number of benzene rings is 3. The topological polar surface area (TPSA) is 104 Å². The van der Waals surface area contributed by atoms with Crippen LogP contribution in [0.25, 0.3) is 0 Å². The van der Waals surface area contributed by atoms with Crippen LogP contribution in [0, 0.1) is 0 Å². The second kappa shape index (κ2) is 8.99. The number of amides is 3. The Kier molecular flexibility index (Phi) is 6.22. The van der Waals surface area contributed by atoms with E-state index < -0.39 is 25.3 Å². The molecule has 8 heteroatoms. The van der Waals surface area contributed by atoms with Gasteiger partial charge in [-0.1, -0.05) is 54.6 Å². The minimum Gasteiger partial charge on any atom is -0.270 e. The highest BCUT2D eigenvalue weighted by Gasteiger charge is 2.30. The van der Waals surface area contributed by atoms with Crippen molar-refractivity contribution in [3.05, 3.63) is 108 Å². The van der Waals surface area contributed by atoms with Crippen LogP contribution in [-0.4, -0.2) is 17.7 Å². The summed E-state index contributed by atoms with van der Waals surface area (Å²) in [4.78, 5) is 37.5. The highest BCUT2D eigenvalue weighted by Crippen LogP contribution is 2.32. The van der Waals surface area contributed by atoms with Crippen LogP contribution < -0.4 is 15.3 Å². The molecule has 0 aliphatic carbocycles. The first-order valence-electron chi connectivity index (χ1n) is 8.70. The highest BCUT2D eigenvalue weighted by atomic mass is 31.2. The van der Waals surface area contributed by atoms with E-state index in [9.17, 15) is 18.9 Å². The average molecular weight is 407 g/mol. The molecule has 0 bridgehead atoms. The van der Waals surface area contributed by atoms with E-state index in [0.717, 1.165) is 0 Å². The van der Waals surface area contributed by atoms with Crippen LogP contribution in [0.15, 0.2) is 91.0 Å². The van der Waals surface area contributed by atoms with Gasteiger partial charge in [0.25, 0.3) is 17.7 Å². The van der Waals surface area contributed by atoms with Gasteiger partial charge in [-0.25, -0.2) is 0 Å². The molecule has 0 unspecified atom stereocenters. The van der Waals surface area contributed by atoms with Crippen LogP contribution in [0.2, 0.25) is 0 Å². The second-order valence-electron chi connectivity index (χ2n) is 6.03. The van der Waals surface area contributed by atoms with Gasteiger partial charge in [0.2, 0.25) is 0 Å². The van der Waals surface area contributed by atoms with Crippen molar-refractivity contribution in [2.75, 3.05) is 0 Å². The van der Waals surface area contributed by atoms with Crippen molar-refractivity contribution in [1.29, 1.82) is 0 Å². The Bertz CT molecular complexity index is 920. The van der Waals surface area contributed by atoms with E-state index in [-0.39, 0.29) is 16.7 Å². The Morgan fingerprint density at radius 3 is 0.966 bits per heavy atom. The SMILES string of the molecule is O=C(NP(=O)(NC(=O)c1ccccc1)NC(=O)c1ccccc1)c1ccccc1. The summed E-state index contributed by atoms with van der Waals surface area (Å²) in [6, 6.07) is 24.2. The average Bonchev–Trinajstić information content (AvgIpc) is 2.75. The standard InChI is InChI=1S/C21H18N3O4P/c25-19(16-10-4-1-5-11-16)22-29(28,23-20(26)17-12-6-2-7-13-17)24-21(27)18-14-8-3-9-15-18/h1-15H,(H3,22,23,24,25,26,27,28). The van der Waals surface area contributed by atoms with Gasteiger partial charge in [-0.15, -0.1) is 0 Å². The van der Waals surface area contributed by atoms with Gasteiger partial charge in [0.15, 0.2) is 0 Å². The summed E-state index contributed by atoms with van der Waals surface area (Å²) in [5, 5.41) is 6.79. The summed E-state index contributed by atoms with van der Waals surface area (Å²) >= 11 is 0. The molecular formula is C21H18N3O4P. The lowest BCUT2D eigenvalue weighted by Gasteiger charge is -2.21. The maximum atomic E-state index is 13.4. The first-order chi connectivity index (χ1) is 14.0. The molecule has 3 amide bonds. The number of nitrogens with one attached hydrogen (secondary N) is 3. The minimum atomic E-state index is -4.18. The Balaban J connectivity index is 1.85. The molecule has 0 saturated heterocycles. The second-order valence-corrected chi connectivity index (χ2v) is 7.92. The zero-order chi connectivity index (χ0) is 20.7. The molecule has 3 N–H and O–H groups in total. The predicted octanol–water partition coefficient (Wildman–Crippen LogP) is 3.38. The Labute approximate surface area is 167 Å². The van der Waals surface area contributed by atoms with Gasteiger partial charge < -0.3 is 0 Å². The molecule has 0 heterocycles. The van der Waals surface area contributed by atoms with Crippen molar-refractivity contribution in [2.24, 2.45) is 0 Å². The van der Waals surface area contributed by atoms with Crippen LogP contribution in [0.1, 0.15) is 31.1 Å². The van der Waals surface area contributed by atoms with E-state index in [2.05, 4.69) is 15.3 Å². The Hall–Kier alpha value is -3.70. The largest absolute Gasteiger partial charge is 0.360 e. The molecule has 0 saturated carbocycles. The molecule has 3 aromatic carbocycles. The summed E-state index contributed by atoms with van der Waals surface area (Å²) in [6.45, 7) is 0. The van der Waals surface area contributed by atoms with E-state index >= 15 is 0 Å². The van der Waals surface area contributed by atoms with Gasteiger partial charge in [-0.2, -0.15) is 0 Å². The van der Waals surface area contributed by atoms with Gasteiger partial charge in [-0.05, 0) is 36.4 Å². The molecule has 0 atom stereocenters. The van der Waals surface area contributed by atoms with Crippen molar-refractivity contribution < 1.29 is 18.9 Å². The quantitative estimate of drug-likeness (QED) is 0.545. The lowest BCUT2D eigenvalue weighted by atomic mass is 10.2. The molecule has 0 aliphatic rings. The Morgan fingerprint density at radius 2 is 0.724 bits per heavy atom. The van der Waals surface area contributed by atoms with Crippen molar-refractivity contribution in [2.45, 2.75) is 0 Å². The van der Waals surface area contributed by atoms with E-state index in [1.807, 2.05) is 0 Å². The highest BCUT2D eigenvalue weighted by molar-refractivity contribution is 7.60. The van der Waals surface area contributed by atoms with Gasteiger partial charge in [-0.3, -0.25) is 34.2 Å². The third kappa shape index (κ3) is 5.40. The maximum absolute atomic E-state index is 13.4. The van der Waals surface area contributed by atoms with Crippen LogP contribution in [0.3, 0.4) is 0 Å². The fourth-order valence-corrected chi connectivity index (χ4v) is 3.89. The van der Waals surface area contributed by atoms with Crippen LogP contribution >= 0.6 is 7.59 Å². The van der Waals surface area contributed by atoms with Gasteiger partial charge in [0.05, 0.1) is 0 Å². The number of carbonyl (C=O) groups excluding carboxylic acids is 3. The van der Waals surface area contributed by atoms with Crippen LogP contribution in [0.4, 0.5) is 0 Å². The summed E-state index contributed by atoms with van der Waals surface area (Å²) in [5.74, 6) is -2.10. The van der Waals surface area contributed by atoms with Gasteiger partial charge >= 0.3 is 7.59 Å². The number of hydrogen-bond donors (Lipinski definition) is 3. The number of rotatable bonds is 6. The van der Waals surface area contributed by atoms with E-state index in [1.54, 1.807) is 54.6 Å². The van der Waals surface area contributed by atoms with Gasteiger partial charge in [0.1, 0.15) is 0 Å². The summed E-state index contributed by atoms with van der Waals surface area (Å²) in [7, 11) is -4.18. The molecule has 0 fully saturated rings. The van der Waals surface area contributed by atoms with Crippen molar-refractivity contribution in [3.63, 3.8) is 0 Å².